The zero-order chi connectivity index (χ0) is 20.9. The van der Waals surface area contributed by atoms with Crippen LogP contribution in [0, 0.1) is 5.82 Å². The lowest BCUT2D eigenvalue weighted by Crippen LogP contribution is -2.54. The molecule has 156 valence electrons. The second-order valence-corrected chi connectivity index (χ2v) is 8.73. The van der Waals surface area contributed by atoms with E-state index < -0.39 is 0 Å². The molecule has 0 saturated carbocycles. The van der Waals surface area contributed by atoms with E-state index in [2.05, 4.69) is 5.32 Å². The van der Waals surface area contributed by atoms with Crippen molar-refractivity contribution in [2.24, 2.45) is 0 Å². The van der Waals surface area contributed by atoms with Gasteiger partial charge in [-0.15, -0.1) is 0 Å². The standard InChI is InChI=1S/C20H30ClFN4O2/c1-20(2,3)23-18(27)13-25-8-10-26(11-9-25)19(28)14-24(4)12-15-16(21)6-5-7-17(15)22/h5-7H,8-14H2,1-4H3,(H,23,27). The Balaban J connectivity index is 1.78. The Morgan fingerprint density at radius 2 is 1.86 bits per heavy atom. The van der Waals surface area contributed by atoms with Gasteiger partial charge in [0, 0.05) is 48.8 Å². The highest BCUT2D eigenvalue weighted by atomic mass is 35.5. The molecule has 0 spiro atoms. The van der Waals surface area contributed by atoms with Gasteiger partial charge in [-0.05, 0) is 40.0 Å². The predicted molar refractivity (Wildman–Crippen MR) is 109 cm³/mol. The van der Waals surface area contributed by atoms with Crippen LogP contribution in [0.15, 0.2) is 18.2 Å². The number of hydrogen-bond donors (Lipinski definition) is 1. The molecular formula is C20H30ClFN4O2. The number of benzene rings is 1. The van der Waals surface area contributed by atoms with Crippen LogP contribution in [0.5, 0.6) is 0 Å². The molecule has 6 nitrogen and oxygen atoms in total. The Bertz CT molecular complexity index is 680. The fraction of sp³-hybridized carbons (Fsp3) is 0.600. The van der Waals surface area contributed by atoms with Gasteiger partial charge in [-0.1, -0.05) is 17.7 Å². The number of nitrogens with zero attached hydrogens (tertiary/aromatic N) is 3. The van der Waals surface area contributed by atoms with E-state index in [1.54, 1.807) is 29.0 Å². The number of rotatable bonds is 6. The fourth-order valence-corrected chi connectivity index (χ4v) is 3.38. The lowest BCUT2D eigenvalue weighted by Gasteiger charge is -2.35. The first-order valence-electron chi connectivity index (χ1n) is 9.48. The van der Waals surface area contributed by atoms with E-state index in [9.17, 15) is 14.0 Å². The second kappa shape index (κ2) is 9.67. The number of nitrogens with one attached hydrogen (secondary N) is 1. The molecule has 1 aromatic rings. The molecule has 28 heavy (non-hydrogen) atoms. The maximum Gasteiger partial charge on any atom is 0.236 e. The molecule has 0 unspecified atom stereocenters. The van der Waals surface area contributed by atoms with Gasteiger partial charge in [-0.25, -0.2) is 4.39 Å². The highest BCUT2D eigenvalue weighted by Gasteiger charge is 2.24. The van der Waals surface area contributed by atoms with E-state index in [-0.39, 0.29) is 36.3 Å². The second-order valence-electron chi connectivity index (χ2n) is 8.33. The molecule has 0 radical (unpaired) electrons. The molecule has 1 aliphatic heterocycles. The SMILES string of the molecule is CN(CC(=O)N1CCN(CC(=O)NC(C)(C)C)CC1)Cc1c(F)cccc1Cl. The Kier molecular flexibility index (Phi) is 7.80. The van der Waals surface area contributed by atoms with Crippen LogP contribution < -0.4 is 5.32 Å². The van der Waals surface area contributed by atoms with Gasteiger partial charge in [0.15, 0.2) is 0 Å². The third kappa shape index (κ3) is 7.04. The third-order valence-corrected chi connectivity index (χ3v) is 4.86. The zero-order valence-corrected chi connectivity index (χ0v) is 17.9. The maximum absolute atomic E-state index is 13.9. The summed E-state index contributed by atoms with van der Waals surface area (Å²) in [4.78, 5) is 30.2. The van der Waals surface area contributed by atoms with E-state index in [1.165, 1.54) is 6.07 Å². The van der Waals surface area contributed by atoms with Crippen LogP contribution in [0.1, 0.15) is 26.3 Å². The normalized spacial score (nSPS) is 15.8. The Morgan fingerprint density at radius 3 is 2.43 bits per heavy atom. The summed E-state index contributed by atoms with van der Waals surface area (Å²) >= 11 is 6.06. The van der Waals surface area contributed by atoms with E-state index >= 15 is 0 Å². The first-order chi connectivity index (χ1) is 13.0. The van der Waals surface area contributed by atoms with Gasteiger partial charge in [0.2, 0.25) is 11.8 Å². The Morgan fingerprint density at radius 1 is 1.21 bits per heavy atom. The Hall–Kier alpha value is -1.70. The first kappa shape index (κ1) is 22.6. The van der Waals surface area contributed by atoms with Crippen LogP contribution >= 0.6 is 11.6 Å². The quantitative estimate of drug-likeness (QED) is 0.776. The number of piperazine rings is 1. The zero-order valence-electron chi connectivity index (χ0n) is 17.1. The molecule has 0 atom stereocenters. The molecule has 2 amide bonds. The average Bonchev–Trinajstić information content (AvgIpc) is 2.57. The molecule has 1 saturated heterocycles. The highest BCUT2D eigenvalue weighted by molar-refractivity contribution is 6.31. The largest absolute Gasteiger partial charge is 0.350 e. The van der Waals surface area contributed by atoms with E-state index in [0.29, 0.717) is 43.3 Å². The van der Waals surface area contributed by atoms with Gasteiger partial charge in [0.25, 0.3) is 0 Å². The van der Waals surface area contributed by atoms with Crippen molar-refractivity contribution in [3.63, 3.8) is 0 Å². The molecule has 0 aliphatic carbocycles. The molecule has 1 heterocycles. The van der Waals surface area contributed by atoms with Crippen molar-refractivity contribution in [3.05, 3.63) is 34.6 Å². The van der Waals surface area contributed by atoms with Crippen LogP contribution in [0.4, 0.5) is 4.39 Å². The van der Waals surface area contributed by atoms with Crippen molar-refractivity contribution in [3.8, 4) is 0 Å². The Labute approximate surface area is 171 Å². The minimum Gasteiger partial charge on any atom is -0.350 e. The minimum atomic E-state index is -0.367. The lowest BCUT2D eigenvalue weighted by atomic mass is 10.1. The number of hydrogen-bond acceptors (Lipinski definition) is 4. The van der Waals surface area contributed by atoms with Gasteiger partial charge < -0.3 is 10.2 Å². The summed E-state index contributed by atoms with van der Waals surface area (Å²) in [6, 6.07) is 4.57. The molecule has 8 heteroatoms. The van der Waals surface area contributed by atoms with E-state index in [0.717, 1.165) is 0 Å². The van der Waals surface area contributed by atoms with Crippen molar-refractivity contribution in [2.45, 2.75) is 32.9 Å². The van der Waals surface area contributed by atoms with Crippen molar-refractivity contribution in [1.29, 1.82) is 0 Å². The van der Waals surface area contributed by atoms with E-state index in [1.807, 2.05) is 25.7 Å². The van der Waals surface area contributed by atoms with Crippen molar-refractivity contribution >= 4 is 23.4 Å². The van der Waals surface area contributed by atoms with Gasteiger partial charge in [-0.2, -0.15) is 0 Å². The molecule has 1 N–H and O–H groups in total. The van der Waals surface area contributed by atoms with Crippen molar-refractivity contribution < 1.29 is 14.0 Å². The van der Waals surface area contributed by atoms with Crippen molar-refractivity contribution in [1.82, 2.24) is 20.0 Å². The molecule has 0 aromatic heterocycles. The van der Waals surface area contributed by atoms with Crippen LogP contribution in [-0.4, -0.2) is 78.4 Å². The average molecular weight is 413 g/mol. The number of carbonyl (C=O) groups excluding carboxylic acids is 2. The smallest absolute Gasteiger partial charge is 0.236 e. The number of amides is 2. The number of halogens is 2. The molecule has 1 aliphatic rings. The summed E-state index contributed by atoms with van der Waals surface area (Å²) in [7, 11) is 1.77. The fourth-order valence-electron chi connectivity index (χ4n) is 3.16. The van der Waals surface area contributed by atoms with Crippen LogP contribution in [0.25, 0.3) is 0 Å². The lowest BCUT2D eigenvalue weighted by molar-refractivity contribution is -0.134. The summed E-state index contributed by atoms with van der Waals surface area (Å²) in [5, 5.41) is 3.31. The topological polar surface area (TPSA) is 55.9 Å². The summed E-state index contributed by atoms with van der Waals surface area (Å²) in [6.07, 6.45) is 0. The summed E-state index contributed by atoms with van der Waals surface area (Å²) in [5.74, 6) is -0.378. The van der Waals surface area contributed by atoms with Crippen LogP contribution in [-0.2, 0) is 16.1 Å². The summed E-state index contributed by atoms with van der Waals surface area (Å²) < 4.78 is 13.9. The number of likely N-dealkylation sites (N-methyl/N-ethyl adjacent to an activating group) is 1. The highest BCUT2D eigenvalue weighted by Crippen LogP contribution is 2.20. The van der Waals surface area contributed by atoms with Gasteiger partial charge in [0.1, 0.15) is 5.82 Å². The summed E-state index contributed by atoms with van der Waals surface area (Å²) in [5.41, 5.74) is 0.148. The van der Waals surface area contributed by atoms with Crippen molar-refractivity contribution in [2.75, 3.05) is 46.3 Å². The van der Waals surface area contributed by atoms with Gasteiger partial charge in [-0.3, -0.25) is 19.4 Å². The summed E-state index contributed by atoms with van der Waals surface area (Å²) in [6.45, 7) is 9.13. The molecule has 1 fully saturated rings. The number of carbonyl (C=O) groups is 2. The van der Waals surface area contributed by atoms with Crippen LogP contribution in [0.3, 0.4) is 0 Å². The maximum atomic E-state index is 13.9. The van der Waals surface area contributed by atoms with Gasteiger partial charge >= 0.3 is 0 Å². The molecule has 1 aromatic carbocycles. The molecule has 2 rings (SSSR count). The first-order valence-corrected chi connectivity index (χ1v) is 9.85. The van der Waals surface area contributed by atoms with E-state index in [4.69, 9.17) is 11.6 Å². The third-order valence-electron chi connectivity index (χ3n) is 4.50. The minimum absolute atomic E-state index is 0.00576. The predicted octanol–water partition coefficient (Wildman–Crippen LogP) is 1.97. The monoisotopic (exact) mass is 412 g/mol. The van der Waals surface area contributed by atoms with Gasteiger partial charge in [0.05, 0.1) is 13.1 Å². The molecule has 0 bridgehead atoms. The molecular weight excluding hydrogens is 383 g/mol. The van der Waals surface area contributed by atoms with Crippen LogP contribution in [0.2, 0.25) is 5.02 Å².